The molecule has 1 aromatic carbocycles. The molecule has 0 bridgehead atoms. The quantitative estimate of drug-likeness (QED) is 0.893. The second-order valence-corrected chi connectivity index (χ2v) is 5.44. The van der Waals surface area contributed by atoms with E-state index in [2.05, 4.69) is 0 Å². The van der Waals surface area contributed by atoms with E-state index in [-0.39, 0.29) is 18.4 Å². The topological polar surface area (TPSA) is 46.2 Å². The minimum atomic E-state index is -0.476. The minimum absolute atomic E-state index is 0. The molecule has 102 valence electrons. The molecule has 1 aromatic rings. The van der Waals surface area contributed by atoms with Crippen molar-refractivity contribution in [1.82, 2.24) is 0 Å². The summed E-state index contributed by atoms with van der Waals surface area (Å²) in [5, 5.41) is 11.0. The second kappa shape index (κ2) is 6.76. The normalized spacial score (nSPS) is 19.3. The maximum atomic E-state index is 10.3. The number of hydrogen-bond acceptors (Lipinski definition) is 2. The molecule has 0 radical (unpaired) electrons. The zero-order valence-corrected chi connectivity index (χ0v) is 12.2. The predicted octanol–water partition coefficient (Wildman–Crippen LogP) is 3.62. The molecule has 0 amide bonds. The third-order valence-electron chi connectivity index (χ3n) is 3.86. The Kier molecular flexibility index (Phi) is 5.93. The maximum Gasteiger partial charge on any atom is 0.0761 e. The van der Waals surface area contributed by atoms with E-state index in [9.17, 15) is 5.11 Å². The first-order chi connectivity index (χ1) is 8.11. The van der Waals surface area contributed by atoms with Crippen LogP contribution in [-0.4, -0.2) is 11.2 Å². The summed E-state index contributed by atoms with van der Waals surface area (Å²) in [6.45, 7) is 1.99. The first-order valence-corrected chi connectivity index (χ1v) is 6.67. The van der Waals surface area contributed by atoms with E-state index in [0.717, 1.165) is 24.0 Å². The Bertz CT molecular complexity index is 371. The molecule has 0 spiro atoms. The van der Waals surface area contributed by atoms with Crippen LogP contribution in [0.3, 0.4) is 0 Å². The first-order valence-electron chi connectivity index (χ1n) is 6.30. The van der Waals surface area contributed by atoms with Crippen LogP contribution in [0.4, 0.5) is 0 Å². The van der Waals surface area contributed by atoms with Crippen molar-refractivity contribution in [2.24, 2.45) is 11.7 Å². The molecule has 1 saturated carbocycles. The maximum absolute atomic E-state index is 10.3. The second-order valence-electron chi connectivity index (χ2n) is 5.03. The van der Waals surface area contributed by atoms with E-state index >= 15 is 0 Å². The zero-order chi connectivity index (χ0) is 12.4. The number of aliphatic hydroxyl groups is 1. The van der Waals surface area contributed by atoms with Crippen LogP contribution in [0, 0.1) is 12.8 Å². The number of aryl methyl sites for hydroxylation is 1. The highest BCUT2D eigenvalue weighted by Gasteiger charge is 2.30. The van der Waals surface area contributed by atoms with Gasteiger partial charge in [-0.15, -0.1) is 12.4 Å². The van der Waals surface area contributed by atoms with E-state index in [1.165, 1.54) is 12.8 Å². The van der Waals surface area contributed by atoms with Crippen LogP contribution in [0.25, 0.3) is 0 Å². The Morgan fingerprint density at radius 3 is 2.50 bits per heavy atom. The van der Waals surface area contributed by atoms with Gasteiger partial charge in [0.15, 0.2) is 0 Å². The van der Waals surface area contributed by atoms with Gasteiger partial charge in [-0.1, -0.05) is 36.6 Å². The van der Waals surface area contributed by atoms with Crippen molar-refractivity contribution in [1.29, 1.82) is 0 Å². The van der Waals surface area contributed by atoms with Gasteiger partial charge in [-0.25, -0.2) is 0 Å². The Hall–Kier alpha value is -0.280. The molecular weight excluding hydrogens is 269 g/mol. The third kappa shape index (κ3) is 3.18. The number of nitrogens with two attached hydrogens (primary N) is 1. The van der Waals surface area contributed by atoms with Crippen molar-refractivity contribution in [3.05, 3.63) is 34.3 Å². The van der Waals surface area contributed by atoms with Crippen LogP contribution in [0.2, 0.25) is 5.02 Å². The van der Waals surface area contributed by atoms with Crippen molar-refractivity contribution in [2.75, 3.05) is 0 Å². The fourth-order valence-electron chi connectivity index (χ4n) is 2.83. The molecule has 2 rings (SSSR count). The highest BCUT2D eigenvalue weighted by Crippen LogP contribution is 2.35. The summed E-state index contributed by atoms with van der Waals surface area (Å²) in [5.41, 5.74) is 8.14. The lowest BCUT2D eigenvalue weighted by Crippen LogP contribution is -2.32. The summed E-state index contributed by atoms with van der Waals surface area (Å²) >= 11 is 6.18. The lowest BCUT2D eigenvalue weighted by Gasteiger charge is -2.26. The fourth-order valence-corrected chi connectivity index (χ4v) is 3.18. The summed E-state index contributed by atoms with van der Waals surface area (Å²) in [5.74, 6) is 0.334. The molecule has 2 atom stereocenters. The number of aliphatic hydroxyl groups excluding tert-OH is 1. The van der Waals surface area contributed by atoms with Gasteiger partial charge < -0.3 is 10.8 Å². The van der Waals surface area contributed by atoms with E-state index in [1.54, 1.807) is 0 Å². The average molecular weight is 290 g/mol. The number of rotatable bonds is 3. The summed E-state index contributed by atoms with van der Waals surface area (Å²) in [7, 11) is 0. The number of halogens is 2. The Labute approximate surface area is 120 Å². The van der Waals surface area contributed by atoms with Crippen LogP contribution in [-0.2, 0) is 0 Å². The van der Waals surface area contributed by atoms with Crippen LogP contribution in [0.1, 0.15) is 42.9 Å². The van der Waals surface area contributed by atoms with Crippen molar-refractivity contribution in [2.45, 2.75) is 44.8 Å². The molecule has 18 heavy (non-hydrogen) atoms. The van der Waals surface area contributed by atoms with Gasteiger partial charge in [0, 0.05) is 5.02 Å². The molecule has 4 heteroatoms. The first kappa shape index (κ1) is 15.8. The van der Waals surface area contributed by atoms with Crippen LogP contribution in [0.5, 0.6) is 0 Å². The van der Waals surface area contributed by atoms with Crippen molar-refractivity contribution >= 4 is 24.0 Å². The Morgan fingerprint density at radius 1 is 1.33 bits per heavy atom. The smallest absolute Gasteiger partial charge is 0.0761 e. The molecule has 0 aromatic heterocycles. The highest BCUT2D eigenvalue weighted by molar-refractivity contribution is 6.31. The molecule has 1 aliphatic rings. The van der Waals surface area contributed by atoms with E-state index < -0.39 is 6.10 Å². The van der Waals surface area contributed by atoms with Gasteiger partial charge in [-0.05, 0) is 42.9 Å². The molecule has 1 fully saturated rings. The van der Waals surface area contributed by atoms with E-state index in [0.29, 0.717) is 10.9 Å². The lowest BCUT2D eigenvalue weighted by atomic mass is 9.89. The average Bonchev–Trinajstić information content (AvgIpc) is 2.81. The zero-order valence-electron chi connectivity index (χ0n) is 10.6. The van der Waals surface area contributed by atoms with Crippen molar-refractivity contribution in [3.63, 3.8) is 0 Å². The lowest BCUT2D eigenvalue weighted by molar-refractivity contribution is 0.0843. The summed E-state index contributed by atoms with van der Waals surface area (Å²) in [6.07, 6.45) is 4.10. The summed E-state index contributed by atoms with van der Waals surface area (Å²) in [4.78, 5) is 0. The van der Waals surface area contributed by atoms with Gasteiger partial charge in [0.1, 0.15) is 0 Å². The van der Waals surface area contributed by atoms with Gasteiger partial charge in [0.2, 0.25) is 0 Å². The summed E-state index contributed by atoms with van der Waals surface area (Å²) in [6, 6.07) is 5.37. The standard InChI is InChI=1S/C14H20ClNO.ClH/c1-9-5-4-8-11(15)12(9)13(16)14(17)10-6-2-3-7-10;/h4-5,8,10,13-14,17H,2-3,6-7,16H2,1H3;1H/t13-,14+;/m1./s1. The SMILES string of the molecule is Cc1cccc(Cl)c1[C@@H](N)[C@@H](O)C1CCCC1.Cl. The summed E-state index contributed by atoms with van der Waals surface area (Å²) < 4.78 is 0. The van der Waals surface area contributed by atoms with Crippen molar-refractivity contribution < 1.29 is 5.11 Å². The molecule has 0 saturated heterocycles. The monoisotopic (exact) mass is 289 g/mol. The van der Waals surface area contributed by atoms with Gasteiger partial charge >= 0.3 is 0 Å². The van der Waals surface area contributed by atoms with E-state index in [4.69, 9.17) is 17.3 Å². The molecule has 0 unspecified atom stereocenters. The van der Waals surface area contributed by atoms with Gasteiger partial charge in [0.25, 0.3) is 0 Å². The van der Waals surface area contributed by atoms with E-state index in [1.807, 2.05) is 25.1 Å². The Morgan fingerprint density at radius 2 is 1.94 bits per heavy atom. The molecule has 0 heterocycles. The fraction of sp³-hybridized carbons (Fsp3) is 0.571. The van der Waals surface area contributed by atoms with Gasteiger partial charge in [0.05, 0.1) is 12.1 Å². The van der Waals surface area contributed by atoms with Crippen molar-refractivity contribution in [3.8, 4) is 0 Å². The number of benzene rings is 1. The third-order valence-corrected chi connectivity index (χ3v) is 4.18. The molecule has 2 nitrogen and oxygen atoms in total. The Balaban J connectivity index is 0.00000162. The van der Waals surface area contributed by atoms with Crippen LogP contribution < -0.4 is 5.73 Å². The molecular formula is C14H21Cl2NO. The molecule has 0 aliphatic heterocycles. The van der Waals surface area contributed by atoms with Crippen LogP contribution in [0.15, 0.2) is 18.2 Å². The largest absolute Gasteiger partial charge is 0.391 e. The predicted molar refractivity (Wildman–Crippen MR) is 78.3 cm³/mol. The number of hydrogen-bond donors (Lipinski definition) is 2. The van der Waals surface area contributed by atoms with Gasteiger partial charge in [-0.2, -0.15) is 0 Å². The van der Waals surface area contributed by atoms with Crippen LogP contribution >= 0.6 is 24.0 Å². The minimum Gasteiger partial charge on any atom is -0.391 e. The molecule has 3 N–H and O–H groups in total. The molecule has 1 aliphatic carbocycles. The highest BCUT2D eigenvalue weighted by atomic mass is 35.5. The van der Waals surface area contributed by atoms with Gasteiger partial charge in [-0.3, -0.25) is 0 Å².